The number of nitrogens with zero attached hydrogens (tertiary/aromatic N) is 2. The molecule has 0 atom stereocenters. The fourth-order valence-electron chi connectivity index (χ4n) is 2.44. The van der Waals surface area contributed by atoms with Crippen LogP contribution >= 0.6 is 0 Å². The molecule has 0 saturated carbocycles. The van der Waals surface area contributed by atoms with Crippen molar-refractivity contribution in [2.45, 2.75) is 33.1 Å². The molecule has 3 rings (SSSR count). The Morgan fingerprint density at radius 3 is 3.05 bits per heavy atom. The third-order valence-electron chi connectivity index (χ3n) is 3.50. The summed E-state index contributed by atoms with van der Waals surface area (Å²) >= 11 is 0. The summed E-state index contributed by atoms with van der Waals surface area (Å²) in [4.78, 5) is 9.19. The van der Waals surface area contributed by atoms with Gasteiger partial charge in [0.1, 0.15) is 11.4 Å². The molecule has 0 saturated heterocycles. The first-order valence-corrected chi connectivity index (χ1v) is 6.93. The lowest BCUT2D eigenvalue weighted by Crippen LogP contribution is -2.28. The van der Waals surface area contributed by atoms with E-state index in [2.05, 4.69) is 24.1 Å². The standard InChI is InChI=1S/C15H19N3O/c1-10(2)15-16-7-4-3-5-11-13(18-15)9-17-12-6-8-19-14(11)12/h6,8-10H,3-5,7H2,1-2H3,(H,16,18). The lowest BCUT2D eigenvalue weighted by Gasteiger charge is -2.12. The molecule has 0 bridgehead atoms. The number of nitrogens with one attached hydrogen (secondary N) is 1. The minimum absolute atomic E-state index is 0.387. The van der Waals surface area contributed by atoms with Gasteiger partial charge in [-0.1, -0.05) is 13.8 Å². The van der Waals surface area contributed by atoms with Crippen LogP contribution in [0.1, 0.15) is 32.3 Å². The summed E-state index contributed by atoms with van der Waals surface area (Å²) in [6.07, 6.45) is 6.85. The number of hydrogen-bond donors (Lipinski definition) is 1. The smallest absolute Gasteiger partial charge is 0.157 e. The summed E-state index contributed by atoms with van der Waals surface area (Å²) in [5, 5.41) is 3.44. The van der Waals surface area contributed by atoms with Crippen molar-refractivity contribution < 1.29 is 4.42 Å². The largest absolute Gasteiger partial charge is 0.462 e. The van der Waals surface area contributed by atoms with E-state index in [0.29, 0.717) is 5.92 Å². The van der Waals surface area contributed by atoms with Crippen molar-refractivity contribution in [3.05, 3.63) is 24.1 Å². The molecule has 0 spiro atoms. The van der Waals surface area contributed by atoms with Crippen LogP contribution in [-0.4, -0.2) is 17.4 Å². The molecule has 0 aromatic carbocycles. The van der Waals surface area contributed by atoms with E-state index in [9.17, 15) is 0 Å². The number of furan rings is 1. The summed E-state index contributed by atoms with van der Waals surface area (Å²) in [6, 6.07) is 1.91. The van der Waals surface area contributed by atoms with Crippen LogP contribution in [0.5, 0.6) is 0 Å². The quantitative estimate of drug-likeness (QED) is 0.851. The van der Waals surface area contributed by atoms with E-state index in [1.807, 2.05) is 12.3 Å². The molecule has 1 N–H and O–H groups in total. The Morgan fingerprint density at radius 1 is 1.32 bits per heavy atom. The number of hydrogen-bond acceptors (Lipinski definition) is 4. The number of rotatable bonds is 1. The number of aliphatic imine (C=N–C) groups is 1. The van der Waals surface area contributed by atoms with Crippen molar-refractivity contribution >= 4 is 22.6 Å². The summed E-state index contributed by atoms with van der Waals surface area (Å²) < 4.78 is 5.60. The van der Waals surface area contributed by atoms with Gasteiger partial charge in [0.25, 0.3) is 0 Å². The van der Waals surface area contributed by atoms with Crippen LogP contribution in [0.15, 0.2) is 27.9 Å². The third-order valence-corrected chi connectivity index (χ3v) is 3.50. The first kappa shape index (κ1) is 12.2. The minimum atomic E-state index is 0.387. The van der Waals surface area contributed by atoms with Crippen molar-refractivity contribution in [1.29, 1.82) is 0 Å². The van der Waals surface area contributed by atoms with Crippen LogP contribution in [0.3, 0.4) is 0 Å². The highest BCUT2D eigenvalue weighted by molar-refractivity contribution is 5.89. The molecule has 3 heterocycles. The zero-order valence-corrected chi connectivity index (χ0v) is 11.4. The van der Waals surface area contributed by atoms with Crippen LogP contribution in [0.25, 0.3) is 11.1 Å². The molecule has 19 heavy (non-hydrogen) atoms. The van der Waals surface area contributed by atoms with Crippen molar-refractivity contribution in [3.63, 3.8) is 0 Å². The van der Waals surface area contributed by atoms with Gasteiger partial charge in [-0.05, 0) is 19.3 Å². The van der Waals surface area contributed by atoms with Gasteiger partial charge in [0.05, 0.1) is 18.1 Å². The zero-order valence-electron chi connectivity index (χ0n) is 11.4. The van der Waals surface area contributed by atoms with Crippen molar-refractivity contribution in [2.24, 2.45) is 10.9 Å². The Bertz CT molecular complexity index is 613. The van der Waals surface area contributed by atoms with Gasteiger partial charge in [0.2, 0.25) is 0 Å². The molecule has 0 aliphatic carbocycles. The summed E-state index contributed by atoms with van der Waals surface area (Å²) in [5.41, 5.74) is 3.95. The maximum absolute atomic E-state index is 5.60. The van der Waals surface area contributed by atoms with Crippen LogP contribution in [0.2, 0.25) is 0 Å². The Balaban J connectivity index is 2.15. The predicted octanol–water partition coefficient (Wildman–Crippen LogP) is 3.44. The van der Waals surface area contributed by atoms with Crippen molar-refractivity contribution in [2.75, 3.05) is 6.54 Å². The van der Waals surface area contributed by atoms with Crippen molar-refractivity contribution in [1.82, 2.24) is 10.3 Å². The molecule has 4 heteroatoms. The number of pyridine rings is 1. The number of fused-ring (bicyclic) bond motifs is 3. The molecule has 0 unspecified atom stereocenters. The zero-order chi connectivity index (χ0) is 13.2. The van der Waals surface area contributed by atoms with Gasteiger partial charge in [-0.3, -0.25) is 4.98 Å². The van der Waals surface area contributed by atoms with E-state index >= 15 is 0 Å². The highest BCUT2D eigenvalue weighted by atomic mass is 16.3. The van der Waals surface area contributed by atoms with Gasteiger partial charge in [0.15, 0.2) is 5.58 Å². The highest BCUT2D eigenvalue weighted by Gasteiger charge is 2.14. The normalized spacial score (nSPS) is 19.0. The molecule has 1 aliphatic heterocycles. The second-order valence-electron chi connectivity index (χ2n) is 5.29. The van der Waals surface area contributed by atoms with E-state index in [0.717, 1.165) is 48.4 Å². The molecule has 1 aliphatic rings. The maximum atomic E-state index is 5.60. The van der Waals surface area contributed by atoms with Crippen LogP contribution < -0.4 is 5.32 Å². The highest BCUT2D eigenvalue weighted by Crippen LogP contribution is 2.29. The van der Waals surface area contributed by atoms with Crippen molar-refractivity contribution in [3.8, 4) is 0 Å². The van der Waals surface area contributed by atoms with Gasteiger partial charge >= 0.3 is 0 Å². The summed E-state index contributed by atoms with van der Waals surface area (Å²) in [6.45, 7) is 5.30. The van der Waals surface area contributed by atoms with E-state index < -0.39 is 0 Å². The fourth-order valence-corrected chi connectivity index (χ4v) is 2.44. The van der Waals surface area contributed by atoms with Gasteiger partial charge in [-0.25, -0.2) is 4.99 Å². The Hall–Kier alpha value is -1.84. The second kappa shape index (κ2) is 5.03. The van der Waals surface area contributed by atoms with Crippen LogP contribution in [0, 0.1) is 5.92 Å². The fraction of sp³-hybridized carbons (Fsp3) is 0.467. The molecule has 0 fully saturated rings. The Kier molecular flexibility index (Phi) is 3.23. The van der Waals surface area contributed by atoms with Gasteiger partial charge in [0, 0.05) is 24.1 Å². The molecule has 2 aromatic rings. The lowest BCUT2D eigenvalue weighted by molar-refractivity contribution is 0.607. The number of aromatic nitrogens is 1. The SMILES string of the molecule is CC(C)/C1=N/c2cnc3ccoc3c2CCCCN1. The predicted molar refractivity (Wildman–Crippen MR) is 76.9 cm³/mol. The van der Waals surface area contributed by atoms with E-state index in [4.69, 9.17) is 9.41 Å². The molecular formula is C15H19N3O. The third kappa shape index (κ3) is 2.35. The minimum Gasteiger partial charge on any atom is -0.462 e. The molecular weight excluding hydrogens is 238 g/mol. The first-order valence-electron chi connectivity index (χ1n) is 6.93. The maximum Gasteiger partial charge on any atom is 0.157 e. The molecule has 0 radical (unpaired) electrons. The van der Waals surface area contributed by atoms with Crippen LogP contribution in [-0.2, 0) is 6.42 Å². The number of amidine groups is 1. The first-order chi connectivity index (χ1) is 9.25. The average molecular weight is 257 g/mol. The van der Waals surface area contributed by atoms with E-state index in [1.54, 1.807) is 6.26 Å². The van der Waals surface area contributed by atoms with Gasteiger partial charge < -0.3 is 9.73 Å². The molecule has 2 aromatic heterocycles. The Labute approximate surface area is 112 Å². The lowest BCUT2D eigenvalue weighted by atomic mass is 10.1. The summed E-state index contributed by atoms with van der Waals surface area (Å²) in [7, 11) is 0. The summed E-state index contributed by atoms with van der Waals surface area (Å²) in [5.74, 6) is 1.43. The monoisotopic (exact) mass is 257 g/mol. The topological polar surface area (TPSA) is 50.4 Å². The van der Waals surface area contributed by atoms with Crippen LogP contribution in [0.4, 0.5) is 5.69 Å². The number of aryl methyl sites for hydroxylation is 1. The average Bonchev–Trinajstić information content (AvgIpc) is 2.88. The van der Waals surface area contributed by atoms with Gasteiger partial charge in [-0.2, -0.15) is 0 Å². The van der Waals surface area contributed by atoms with E-state index in [-0.39, 0.29) is 0 Å². The molecule has 4 nitrogen and oxygen atoms in total. The molecule has 0 amide bonds. The van der Waals surface area contributed by atoms with Gasteiger partial charge in [-0.15, -0.1) is 0 Å². The Morgan fingerprint density at radius 2 is 2.21 bits per heavy atom. The second-order valence-corrected chi connectivity index (χ2v) is 5.29. The molecule has 100 valence electrons. The van der Waals surface area contributed by atoms with E-state index in [1.165, 1.54) is 5.56 Å².